The van der Waals surface area contributed by atoms with Crippen molar-refractivity contribution in [3.05, 3.63) is 42.1 Å². The Hall–Kier alpha value is -2.36. The zero-order valence-corrected chi connectivity index (χ0v) is 12.7. The second kappa shape index (κ2) is 5.20. The van der Waals surface area contributed by atoms with Crippen molar-refractivity contribution in [2.24, 2.45) is 13.0 Å². The van der Waals surface area contributed by atoms with Crippen LogP contribution in [0.1, 0.15) is 19.4 Å². The molecule has 0 unspecified atom stereocenters. The van der Waals surface area contributed by atoms with Crippen LogP contribution in [-0.4, -0.2) is 14.8 Å². The number of hydrogen-bond acceptors (Lipinski definition) is 3. The van der Waals surface area contributed by atoms with Gasteiger partial charge in [-0.15, -0.1) is 0 Å². The van der Waals surface area contributed by atoms with E-state index in [1.165, 1.54) is 0 Å². The summed E-state index contributed by atoms with van der Waals surface area (Å²) >= 11 is 0. The standard InChI is InChI=1S/C17H20N4/c1-11(2)10-14-16(20-21(3)17(14)18)13-8-9-19-15-7-5-4-6-12(13)15/h4-9,11H,10,18H2,1-3H3. The summed E-state index contributed by atoms with van der Waals surface area (Å²) in [6.07, 6.45) is 2.76. The Morgan fingerprint density at radius 1 is 1.19 bits per heavy atom. The van der Waals surface area contributed by atoms with Gasteiger partial charge in [0.15, 0.2) is 0 Å². The molecule has 0 bridgehead atoms. The van der Waals surface area contributed by atoms with Gasteiger partial charge in [0, 0.05) is 29.8 Å². The molecule has 0 aliphatic heterocycles. The van der Waals surface area contributed by atoms with Crippen molar-refractivity contribution in [1.29, 1.82) is 0 Å². The fourth-order valence-corrected chi connectivity index (χ4v) is 2.71. The average Bonchev–Trinajstić information content (AvgIpc) is 2.74. The van der Waals surface area contributed by atoms with Crippen LogP contribution >= 0.6 is 0 Å². The van der Waals surface area contributed by atoms with E-state index in [1.54, 1.807) is 4.68 Å². The monoisotopic (exact) mass is 280 g/mol. The molecule has 0 aliphatic carbocycles. The Morgan fingerprint density at radius 2 is 1.95 bits per heavy atom. The highest BCUT2D eigenvalue weighted by Gasteiger charge is 2.18. The van der Waals surface area contributed by atoms with Crippen LogP contribution < -0.4 is 5.73 Å². The molecule has 2 N–H and O–H groups in total. The van der Waals surface area contributed by atoms with E-state index < -0.39 is 0 Å². The summed E-state index contributed by atoms with van der Waals surface area (Å²) in [5, 5.41) is 5.76. The highest BCUT2D eigenvalue weighted by Crippen LogP contribution is 2.32. The summed E-state index contributed by atoms with van der Waals surface area (Å²) in [5.41, 5.74) is 10.4. The fraction of sp³-hybridized carbons (Fsp3) is 0.294. The Kier molecular flexibility index (Phi) is 3.37. The van der Waals surface area contributed by atoms with Crippen LogP contribution in [0.2, 0.25) is 0 Å². The lowest BCUT2D eigenvalue weighted by molar-refractivity contribution is 0.648. The number of benzene rings is 1. The van der Waals surface area contributed by atoms with Gasteiger partial charge in [-0.05, 0) is 24.5 Å². The van der Waals surface area contributed by atoms with Crippen molar-refractivity contribution < 1.29 is 0 Å². The lowest BCUT2D eigenvalue weighted by Gasteiger charge is -2.08. The van der Waals surface area contributed by atoms with Gasteiger partial charge < -0.3 is 5.73 Å². The molecule has 108 valence electrons. The summed E-state index contributed by atoms with van der Waals surface area (Å²) in [4.78, 5) is 4.42. The first kappa shape index (κ1) is 13.6. The topological polar surface area (TPSA) is 56.7 Å². The van der Waals surface area contributed by atoms with E-state index >= 15 is 0 Å². The lowest BCUT2D eigenvalue weighted by atomic mass is 9.97. The number of aryl methyl sites for hydroxylation is 1. The normalized spacial score (nSPS) is 11.4. The van der Waals surface area contributed by atoms with Gasteiger partial charge in [-0.3, -0.25) is 9.67 Å². The van der Waals surface area contributed by atoms with Gasteiger partial charge in [-0.2, -0.15) is 5.10 Å². The number of para-hydroxylation sites is 1. The Labute approximate surface area is 124 Å². The second-order valence-electron chi connectivity index (χ2n) is 5.81. The summed E-state index contributed by atoms with van der Waals surface area (Å²) in [7, 11) is 1.89. The van der Waals surface area contributed by atoms with E-state index in [1.807, 2.05) is 37.5 Å². The summed E-state index contributed by atoms with van der Waals surface area (Å²) in [6, 6.07) is 10.2. The minimum Gasteiger partial charge on any atom is -0.384 e. The van der Waals surface area contributed by atoms with Gasteiger partial charge in [0.25, 0.3) is 0 Å². The summed E-state index contributed by atoms with van der Waals surface area (Å²) < 4.78 is 1.77. The third-order valence-corrected chi connectivity index (χ3v) is 3.71. The molecule has 3 aromatic rings. The molecule has 0 amide bonds. The van der Waals surface area contributed by atoms with Crippen molar-refractivity contribution >= 4 is 16.7 Å². The number of hydrogen-bond donors (Lipinski definition) is 1. The quantitative estimate of drug-likeness (QED) is 0.799. The first-order valence-corrected chi connectivity index (χ1v) is 7.23. The molecule has 0 saturated carbocycles. The molecule has 4 heteroatoms. The zero-order chi connectivity index (χ0) is 15.0. The van der Waals surface area contributed by atoms with E-state index in [4.69, 9.17) is 5.73 Å². The third-order valence-electron chi connectivity index (χ3n) is 3.71. The van der Waals surface area contributed by atoms with Crippen LogP contribution in [-0.2, 0) is 13.5 Å². The molecule has 1 aromatic carbocycles. The van der Waals surface area contributed by atoms with Crippen molar-refractivity contribution in [1.82, 2.24) is 14.8 Å². The van der Waals surface area contributed by atoms with Crippen LogP contribution in [0.15, 0.2) is 36.5 Å². The molecule has 0 fully saturated rings. The van der Waals surface area contributed by atoms with Crippen LogP contribution in [0.3, 0.4) is 0 Å². The number of anilines is 1. The summed E-state index contributed by atoms with van der Waals surface area (Å²) in [6.45, 7) is 4.39. The minimum absolute atomic E-state index is 0.531. The maximum Gasteiger partial charge on any atom is 0.125 e. The predicted molar refractivity (Wildman–Crippen MR) is 86.9 cm³/mol. The molecule has 21 heavy (non-hydrogen) atoms. The first-order chi connectivity index (χ1) is 10.1. The number of nitrogens with zero attached hydrogens (tertiary/aromatic N) is 3. The number of nitrogen functional groups attached to an aromatic ring is 1. The van der Waals surface area contributed by atoms with Crippen LogP contribution in [0.5, 0.6) is 0 Å². The maximum absolute atomic E-state index is 6.22. The number of nitrogens with two attached hydrogens (primary N) is 1. The average molecular weight is 280 g/mol. The van der Waals surface area contributed by atoms with Crippen LogP contribution in [0, 0.1) is 5.92 Å². The Bertz CT molecular complexity index is 781. The number of aromatic nitrogens is 3. The molecule has 0 atom stereocenters. The smallest absolute Gasteiger partial charge is 0.125 e. The van der Waals surface area contributed by atoms with Gasteiger partial charge in [-0.1, -0.05) is 32.0 Å². The van der Waals surface area contributed by atoms with Crippen molar-refractivity contribution in [3.63, 3.8) is 0 Å². The highest BCUT2D eigenvalue weighted by molar-refractivity contribution is 5.94. The van der Waals surface area contributed by atoms with Crippen molar-refractivity contribution in [2.75, 3.05) is 5.73 Å². The van der Waals surface area contributed by atoms with Crippen molar-refractivity contribution in [3.8, 4) is 11.3 Å². The molecule has 0 radical (unpaired) electrons. The SMILES string of the molecule is CC(C)Cc1c(-c2ccnc3ccccc23)nn(C)c1N. The van der Waals surface area contributed by atoms with Gasteiger partial charge in [0.05, 0.1) is 11.2 Å². The molecule has 4 nitrogen and oxygen atoms in total. The number of pyridine rings is 1. The molecule has 3 rings (SSSR count). The highest BCUT2D eigenvalue weighted by atomic mass is 15.3. The van der Waals surface area contributed by atoms with E-state index in [-0.39, 0.29) is 0 Å². The Morgan fingerprint density at radius 3 is 2.71 bits per heavy atom. The minimum atomic E-state index is 0.531. The van der Waals surface area contributed by atoms with E-state index in [0.29, 0.717) is 5.92 Å². The molecule has 0 saturated heterocycles. The number of fused-ring (bicyclic) bond motifs is 1. The van der Waals surface area contributed by atoms with Gasteiger partial charge in [0.2, 0.25) is 0 Å². The van der Waals surface area contributed by atoms with Gasteiger partial charge in [0.1, 0.15) is 5.82 Å². The lowest BCUT2D eigenvalue weighted by Crippen LogP contribution is -2.02. The number of rotatable bonds is 3. The molecule has 2 heterocycles. The van der Waals surface area contributed by atoms with Gasteiger partial charge >= 0.3 is 0 Å². The second-order valence-corrected chi connectivity index (χ2v) is 5.81. The zero-order valence-electron chi connectivity index (χ0n) is 12.7. The van der Waals surface area contributed by atoms with Crippen LogP contribution in [0.4, 0.5) is 5.82 Å². The maximum atomic E-state index is 6.22. The molecular weight excluding hydrogens is 260 g/mol. The molecule has 0 spiro atoms. The first-order valence-electron chi connectivity index (χ1n) is 7.23. The van der Waals surface area contributed by atoms with E-state index in [0.717, 1.165) is 40.0 Å². The van der Waals surface area contributed by atoms with E-state index in [2.05, 4.69) is 30.0 Å². The molecule has 0 aliphatic rings. The van der Waals surface area contributed by atoms with E-state index in [9.17, 15) is 0 Å². The largest absolute Gasteiger partial charge is 0.384 e. The predicted octanol–water partition coefficient (Wildman–Crippen LogP) is 3.42. The molecule has 2 aromatic heterocycles. The summed E-state index contributed by atoms with van der Waals surface area (Å²) in [5.74, 6) is 1.28. The van der Waals surface area contributed by atoms with Crippen LogP contribution in [0.25, 0.3) is 22.2 Å². The third kappa shape index (κ3) is 2.37. The molecular formula is C17H20N4. The van der Waals surface area contributed by atoms with Gasteiger partial charge in [-0.25, -0.2) is 0 Å². The fourth-order valence-electron chi connectivity index (χ4n) is 2.71. The Balaban J connectivity index is 2.26. The van der Waals surface area contributed by atoms with Crippen molar-refractivity contribution in [2.45, 2.75) is 20.3 Å².